The van der Waals surface area contributed by atoms with Crippen LogP contribution in [0.2, 0.25) is 5.02 Å². The summed E-state index contributed by atoms with van der Waals surface area (Å²) in [6.07, 6.45) is 3.50. The van der Waals surface area contributed by atoms with Crippen molar-refractivity contribution in [2.75, 3.05) is 34.3 Å². The maximum Gasteiger partial charge on any atom is 0.180 e. The van der Waals surface area contributed by atoms with Gasteiger partial charge >= 0.3 is 0 Å². The van der Waals surface area contributed by atoms with Crippen LogP contribution in [0, 0.1) is 0 Å². The molecule has 1 aromatic heterocycles. The molecule has 0 saturated heterocycles. The Morgan fingerprint density at radius 1 is 1.15 bits per heavy atom. The molecule has 2 aromatic rings. The second kappa shape index (κ2) is 15.0. The monoisotopic (exact) mass is 454 g/mol. The van der Waals surface area contributed by atoms with E-state index in [0.717, 1.165) is 30.8 Å². The first kappa shape index (κ1) is 28.3. The topological polar surface area (TPSA) is 46.6 Å². The van der Waals surface area contributed by atoms with Crippen molar-refractivity contribution in [2.45, 2.75) is 13.2 Å². The third-order valence-electron chi connectivity index (χ3n) is 3.46. The highest BCUT2D eigenvalue weighted by atomic mass is 35.5. The second-order valence-corrected chi connectivity index (χ2v) is 6.15. The highest BCUT2D eigenvalue weighted by molar-refractivity contribution is 6.32. The summed E-state index contributed by atoms with van der Waals surface area (Å²) in [6, 6.07) is 7.69. The van der Waals surface area contributed by atoms with Crippen molar-refractivity contribution < 1.29 is 46.7 Å². The van der Waals surface area contributed by atoms with Crippen LogP contribution in [0.3, 0.4) is 0 Å². The third-order valence-corrected chi connectivity index (χ3v) is 3.74. The van der Waals surface area contributed by atoms with E-state index in [1.54, 1.807) is 19.5 Å². The van der Waals surface area contributed by atoms with Crippen LogP contribution in [0.5, 0.6) is 11.5 Å². The number of likely N-dealkylation sites (N-methyl/N-ethyl adjacent to an activating group) is 1. The maximum atomic E-state index is 6.39. The van der Waals surface area contributed by atoms with Gasteiger partial charge in [-0.05, 0) is 37.9 Å². The molecule has 0 bridgehead atoms. The van der Waals surface area contributed by atoms with Gasteiger partial charge in [-0.3, -0.25) is 4.98 Å². The first-order valence-electron chi connectivity index (χ1n) is 7.83. The van der Waals surface area contributed by atoms with E-state index in [1.165, 1.54) is 0 Å². The molecule has 0 aliphatic rings. The van der Waals surface area contributed by atoms with Gasteiger partial charge in [-0.1, -0.05) is 17.7 Å². The molecule has 1 aromatic carbocycles. The van der Waals surface area contributed by atoms with Gasteiger partial charge in [-0.15, -0.1) is 0 Å². The molecule has 0 radical (unpaired) electrons. The van der Waals surface area contributed by atoms with Gasteiger partial charge in [0, 0.05) is 37.6 Å². The zero-order chi connectivity index (χ0) is 17.4. The minimum absolute atomic E-state index is 0. The molecular weight excluding hydrogens is 432 g/mol. The smallest absolute Gasteiger partial charge is 0.180 e. The number of pyridine rings is 1. The van der Waals surface area contributed by atoms with Crippen LogP contribution in [0.25, 0.3) is 0 Å². The first-order chi connectivity index (χ1) is 11.6. The van der Waals surface area contributed by atoms with Gasteiger partial charge in [0.1, 0.15) is 6.61 Å². The van der Waals surface area contributed by atoms with E-state index in [-0.39, 0.29) is 37.2 Å². The van der Waals surface area contributed by atoms with Crippen molar-refractivity contribution >= 4 is 11.6 Å². The van der Waals surface area contributed by atoms with E-state index in [0.29, 0.717) is 23.1 Å². The molecule has 0 aliphatic carbocycles. The molecule has 0 atom stereocenters. The summed E-state index contributed by atoms with van der Waals surface area (Å²) in [7, 11) is 5.72. The number of hydrogen-bond donors (Lipinski definition) is 1. The van der Waals surface area contributed by atoms with Crippen LogP contribution >= 0.6 is 11.6 Å². The van der Waals surface area contributed by atoms with Crippen molar-refractivity contribution in [3.05, 3.63) is 52.8 Å². The Morgan fingerprint density at radius 3 is 2.48 bits per heavy atom. The lowest BCUT2D eigenvalue weighted by Crippen LogP contribution is -3.00. The Balaban J connectivity index is 0. The maximum absolute atomic E-state index is 6.39. The van der Waals surface area contributed by atoms with Gasteiger partial charge in [0.05, 0.1) is 12.1 Å². The average molecular weight is 456 g/mol. The summed E-state index contributed by atoms with van der Waals surface area (Å²) in [5.74, 6) is 1.19. The Labute approximate surface area is 185 Å². The van der Waals surface area contributed by atoms with E-state index < -0.39 is 0 Å². The molecule has 1 heterocycles. The molecule has 2 rings (SSSR count). The third kappa shape index (κ3) is 9.70. The Hall–Kier alpha value is -0.950. The fourth-order valence-corrected chi connectivity index (χ4v) is 2.48. The summed E-state index contributed by atoms with van der Waals surface area (Å²) >= 11 is 6.39. The molecule has 0 unspecified atom stereocenters. The predicted molar refractivity (Wildman–Crippen MR) is 96.8 cm³/mol. The van der Waals surface area contributed by atoms with Gasteiger partial charge in [0.2, 0.25) is 0 Å². The number of ether oxygens (including phenoxy) is 2. The van der Waals surface area contributed by atoms with Crippen molar-refractivity contribution in [3.8, 4) is 11.5 Å². The van der Waals surface area contributed by atoms with Gasteiger partial charge in [0.15, 0.2) is 11.5 Å². The highest BCUT2D eigenvalue weighted by Gasteiger charge is 2.12. The summed E-state index contributed by atoms with van der Waals surface area (Å²) < 4.78 is 11.3. The number of nitrogens with one attached hydrogen (secondary N) is 1. The molecule has 0 amide bonds. The number of methoxy groups -OCH3 is 1. The minimum Gasteiger partial charge on any atom is -1.00 e. The molecule has 5 nitrogen and oxygen atoms in total. The van der Waals surface area contributed by atoms with Crippen LogP contribution in [-0.2, 0) is 13.2 Å². The van der Waals surface area contributed by atoms with E-state index in [4.69, 9.17) is 21.1 Å². The summed E-state index contributed by atoms with van der Waals surface area (Å²) in [4.78, 5) is 6.21. The molecule has 27 heavy (non-hydrogen) atoms. The van der Waals surface area contributed by atoms with Crippen molar-refractivity contribution in [1.29, 1.82) is 0 Å². The molecular formula is C18H24Cl4N3O2-3. The number of benzene rings is 1. The van der Waals surface area contributed by atoms with Crippen molar-refractivity contribution in [2.24, 2.45) is 0 Å². The zero-order valence-electron chi connectivity index (χ0n) is 15.5. The summed E-state index contributed by atoms with van der Waals surface area (Å²) in [5.41, 5.74) is 2.04. The Kier molecular flexibility index (Phi) is 15.7. The van der Waals surface area contributed by atoms with Crippen LogP contribution < -0.4 is 52.0 Å². The molecule has 0 saturated carbocycles. The highest BCUT2D eigenvalue weighted by Crippen LogP contribution is 2.36. The van der Waals surface area contributed by atoms with Gasteiger partial charge in [0.25, 0.3) is 0 Å². The van der Waals surface area contributed by atoms with Gasteiger partial charge in [-0.2, -0.15) is 0 Å². The van der Waals surface area contributed by atoms with Crippen molar-refractivity contribution in [1.82, 2.24) is 15.2 Å². The van der Waals surface area contributed by atoms with E-state index >= 15 is 0 Å². The standard InChI is InChI=1S/C18H24ClN3O2.3ClH/c1-22(2)8-7-21-12-15-9-16(19)18(17(10-15)23-3)24-13-14-5-4-6-20-11-14;;;/h4-6,9-11,21H,7-8,12-13H2,1-3H3;3*1H/p-3. The fraction of sp³-hybridized carbons (Fsp3) is 0.389. The lowest BCUT2D eigenvalue weighted by molar-refractivity contribution is -0.00100. The average Bonchev–Trinajstić information content (AvgIpc) is 2.58. The Morgan fingerprint density at radius 2 is 1.89 bits per heavy atom. The number of rotatable bonds is 9. The van der Waals surface area contributed by atoms with Crippen molar-refractivity contribution in [3.63, 3.8) is 0 Å². The zero-order valence-corrected chi connectivity index (χ0v) is 18.5. The van der Waals surface area contributed by atoms with E-state index in [9.17, 15) is 0 Å². The lowest BCUT2D eigenvalue weighted by atomic mass is 10.2. The molecule has 9 heteroatoms. The largest absolute Gasteiger partial charge is 1.00 e. The predicted octanol–water partition coefficient (Wildman–Crippen LogP) is -6.01. The minimum atomic E-state index is 0. The number of hydrogen-bond acceptors (Lipinski definition) is 5. The molecule has 0 spiro atoms. The van der Waals surface area contributed by atoms with Crippen LogP contribution in [-0.4, -0.2) is 44.2 Å². The second-order valence-electron chi connectivity index (χ2n) is 5.74. The van der Waals surface area contributed by atoms with E-state index in [2.05, 4.69) is 29.3 Å². The molecule has 154 valence electrons. The SMILES string of the molecule is COc1cc(CNCCN(C)C)cc(Cl)c1OCc1cccnc1.[Cl-].[Cl-].[Cl-]. The number of nitrogens with zero attached hydrogens (tertiary/aromatic N) is 2. The van der Waals surface area contributed by atoms with Crippen LogP contribution in [0.4, 0.5) is 0 Å². The van der Waals surface area contributed by atoms with Crippen LogP contribution in [0.15, 0.2) is 36.7 Å². The summed E-state index contributed by atoms with van der Waals surface area (Å²) in [6.45, 7) is 3.01. The van der Waals surface area contributed by atoms with E-state index in [1.807, 2.05) is 24.3 Å². The van der Waals surface area contributed by atoms with Gasteiger partial charge in [-0.25, -0.2) is 0 Å². The number of aromatic nitrogens is 1. The first-order valence-corrected chi connectivity index (χ1v) is 8.21. The number of halogens is 4. The lowest BCUT2D eigenvalue weighted by Gasteiger charge is -2.15. The van der Waals surface area contributed by atoms with Gasteiger partial charge < -0.3 is 56.9 Å². The molecule has 0 aliphatic heterocycles. The van der Waals surface area contributed by atoms with Crippen LogP contribution in [0.1, 0.15) is 11.1 Å². The quantitative estimate of drug-likeness (QED) is 0.381. The normalized spacial score (nSPS) is 9.67. The summed E-state index contributed by atoms with van der Waals surface area (Å²) in [5, 5.41) is 3.93. The fourth-order valence-electron chi connectivity index (χ4n) is 2.19. The Bertz CT molecular complexity index is 646. The molecule has 1 N–H and O–H groups in total. The molecule has 0 fully saturated rings.